The molecule has 1 saturated heterocycles. The number of nitrogens with zero attached hydrogens (tertiary/aromatic N) is 2. The fourth-order valence-electron chi connectivity index (χ4n) is 3.76. The third-order valence-corrected chi connectivity index (χ3v) is 7.31. The van der Waals surface area contributed by atoms with Crippen LogP contribution in [0.2, 0.25) is 0 Å². The maximum Gasteiger partial charge on any atom is 0.266 e. The number of nitrogens with one attached hydrogen (secondary N) is 1. The molecule has 4 rings (SSSR count). The van der Waals surface area contributed by atoms with Crippen molar-refractivity contribution in [1.82, 2.24) is 9.88 Å². The quantitative estimate of drug-likeness (QED) is 0.446. The van der Waals surface area contributed by atoms with E-state index in [1.807, 2.05) is 12.1 Å². The normalized spacial score (nSPS) is 18.3. The van der Waals surface area contributed by atoms with Gasteiger partial charge in [-0.25, -0.2) is 4.98 Å². The summed E-state index contributed by atoms with van der Waals surface area (Å²) in [7, 11) is 1.53. The molecule has 2 aliphatic rings. The van der Waals surface area contributed by atoms with Gasteiger partial charge in [-0.1, -0.05) is 49.3 Å². The summed E-state index contributed by atoms with van der Waals surface area (Å²) in [5, 5.41) is 4.96. The number of rotatable bonds is 7. The van der Waals surface area contributed by atoms with E-state index in [0.717, 1.165) is 31.2 Å². The molecule has 0 bridgehead atoms. The van der Waals surface area contributed by atoms with E-state index in [1.54, 1.807) is 28.6 Å². The smallest absolute Gasteiger partial charge is 0.266 e. The molecule has 168 valence electrons. The molecule has 1 saturated carbocycles. The number of anilines is 1. The number of thioether (sulfide) groups is 1. The summed E-state index contributed by atoms with van der Waals surface area (Å²) in [6.45, 7) is -0.171. The maximum absolute atomic E-state index is 13.0. The molecule has 32 heavy (non-hydrogen) atoms. The van der Waals surface area contributed by atoms with Gasteiger partial charge >= 0.3 is 0 Å². The van der Waals surface area contributed by atoms with Crippen molar-refractivity contribution < 1.29 is 19.1 Å². The van der Waals surface area contributed by atoms with Crippen LogP contribution in [0.15, 0.2) is 34.7 Å². The standard InChI is InChI=1S/C22H23N3O4S3/c1-28-17-11-14(7-8-16(17)29-13-19(26)24-21-23-9-10-31-21)12-18-20(27)25(22(30)32-18)15-5-3-2-4-6-15/h7-12,15H,2-6,13H2,1H3,(H,23,24,26)/b18-12-. The van der Waals surface area contributed by atoms with Crippen molar-refractivity contribution in [3.05, 3.63) is 40.2 Å². The average molecular weight is 490 g/mol. The van der Waals surface area contributed by atoms with E-state index in [9.17, 15) is 9.59 Å². The first-order valence-electron chi connectivity index (χ1n) is 10.3. The number of hydrogen-bond donors (Lipinski definition) is 1. The number of ether oxygens (including phenoxy) is 2. The monoisotopic (exact) mass is 489 g/mol. The summed E-state index contributed by atoms with van der Waals surface area (Å²) in [4.78, 5) is 31.4. The van der Waals surface area contributed by atoms with E-state index in [1.165, 1.54) is 36.6 Å². The zero-order chi connectivity index (χ0) is 22.5. The molecule has 2 heterocycles. The number of benzene rings is 1. The van der Waals surface area contributed by atoms with Crippen LogP contribution in [0.4, 0.5) is 5.13 Å². The van der Waals surface area contributed by atoms with Crippen molar-refractivity contribution in [1.29, 1.82) is 0 Å². The van der Waals surface area contributed by atoms with Crippen molar-refractivity contribution in [2.75, 3.05) is 19.0 Å². The fraction of sp³-hybridized carbons (Fsp3) is 0.364. The molecule has 10 heteroatoms. The minimum absolute atomic E-state index is 0.0231. The van der Waals surface area contributed by atoms with Crippen molar-refractivity contribution in [2.24, 2.45) is 0 Å². The summed E-state index contributed by atoms with van der Waals surface area (Å²) >= 11 is 8.18. The summed E-state index contributed by atoms with van der Waals surface area (Å²) < 4.78 is 11.7. The predicted molar refractivity (Wildman–Crippen MR) is 131 cm³/mol. The van der Waals surface area contributed by atoms with Crippen molar-refractivity contribution in [3.63, 3.8) is 0 Å². The number of methoxy groups -OCH3 is 1. The summed E-state index contributed by atoms with van der Waals surface area (Å²) in [6, 6.07) is 5.54. The molecule has 2 aromatic rings. The zero-order valence-electron chi connectivity index (χ0n) is 17.5. The van der Waals surface area contributed by atoms with E-state index < -0.39 is 0 Å². The highest BCUT2D eigenvalue weighted by atomic mass is 32.2. The van der Waals surface area contributed by atoms with Gasteiger partial charge in [0.1, 0.15) is 4.32 Å². The molecule has 0 spiro atoms. The van der Waals surface area contributed by atoms with Crippen LogP contribution in [0.1, 0.15) is 37.7 Å². The molecule has 1 aliphatic heterocycles. The van der Waals surface area contributed by atoms with Gasteiger partial charge in [0.2, 0.25) is 0 Å². The third-order valence-electron chi connectivity index (χ3n) is 5.29. The van der Waals surface area contributed by atoms with Gasteiger partial charge in [-0.15, -0.1) is 11.3 Å². The van der Waals surface area contributed by atoms with Crippen LogP contribution in [0, 0.1) is 0 Å². The van der Waals surface area contributed by atoms with Gasteiger partial charge in [-0.3, -0.25) is 19.8 Å². The molecular formula is C22H23N3O4S3. The van der Waals surface area contributed by atoms with E-state index in [4.69, 9.17) is 21.7 Å². The van der Waals surface area contributed by atoms with Crippen LogP contribution in [-0.2, 0) is 9.59 Å². The molecule has 2 fully saturated rings. The lowest BCUT2D eigenvalue weighted by Gasteiger charge is -2.29. The molecule has 1 aromatic carbocycles. The molecule has 7 nitrogen and oxygen atoms in total. The van der Waals surface area contributed by atoms with Gasteiger partial charge in [-0.05, 0) is 36.6 Å². The van der Waals surface area contributed by atoms with E-state index in [2.05, 4.69) is 10.3 Å². The summed E-state index contributed by atoms with van der Waals surface area (Å²) in [5.74, 6) is 0.583. The Morgan fingerprint density at radius 2 is 2.12 bits per heavy atom. The Bertz CT molecular complexity index is 1030. The van der Waals surface area contributed by atoms with Crippen LogP contribution in [0.3, 0.4) is 0 Å². The Labute approximate surface area is 200 Å². The van der Waals surface area contributed by atoms with E-state index in [0.29, 0.717) is 25.9 Å². The first-order chi connectivity index (χ1) is 15.5. The highest BCUT2D eigenvalue weighted by molar-refractivity contribution is 8.26. The lowest BCUT2D eigenvalue weighted by Crippen LogP contribution is -2.39. The topological polar surface area (TPSA) is 80.8 Å². The largest absolute Gasteiger partial charge is 0.493 e. The first-order valence-corrected chi connectivity index (χ1v) is 12.4. The minimum atomic E-state index is -0.308. The second-order valence-corrected chi connectivity index (χ2v) is 10.00. The fourth-order valence-corrected chi connectivity index (χ4v) is 5.71. The van der Waals surface area contributed by atoms with Crippen LogP contribution in [0.5, 0.6) is 11.5 Å². The Morgan fingerprint density at radius 1 is 1.31 bits per heavy atom. The molecular weight excluding hydrogens is 466 g/mol. The van der Waals surface area contributed by atoms with E-state index >= 15 is 0 Å². The second kappa shape index (κ2) is 10.5. The number of carbonyl (C=O) groups excluding carboxylic acids is 2. The van der Waals surface area contributed by atoms with Crippen molar-refractivity contribution in [3.8, 4) is 11.5 Å². The molecule has 2 amide bonds. The SMILES string of the molecule is COc1cc(/C=C2\SC(=S)N(C3CCCCC3)C2=O)ccc1OCC(=O)Nc1nccs1. The molecule has 1 N–H and O–H groups in total. The van der Waals surface area contributed by atoms with Crippen molar-refractivity contribution >= 4 is 62.7 Å². The lowest BCUT2D eigenvalue weighted by molar-refractivity contribution is -0.124. The minimum Gasteiger partial charge on any atom is -0.493 e. The van der Waals surface area contributed by atoms with Gasteiger partial charge in [-0.2, -0.15) is 0 Å². The lowest BCUT2D eigenvalue weighted by atomic mass is 9.94. The first kappa shape index (κ1) is 22.8. The summed E-state index contributed by atoms with van der Waals surface area (Å²) in [6.07, 6.45) is 8.96. The highest BCUT2D eigenvalue weighted by Crippen LogP contribution is 2.38. The van der Waals surface area contributed by atoms with E-state index in [-0.39, 0.29) is 24.5 Å². The predicted octanol–water partition coefficient (Wildman–Crippen LogP) is 4.70. The van der Waals surface area contributed by atoms with Gasteiger partial charge in [0.25, 0.3) is 11.8 Å². The molecule has 0 unspecified atom stereocenters. The Morgan fingerprint density at radius 3 is 2.84 bits per heavy atom. The number of amides is 2. The Kier molecular flexibility index (Phi) is 7.44. The number of thiocarbonyl (C=S) groups is 1. The number of carbonyl (C=O) groups is 2. The number of thiazole rings is 1. The third kappa shape index (κ3) is 5.31. The highest BCUT2D eigenvalue weighted by Gasteiger charge is 2.37. The van der Waals surface area contributed by atoms with Crippen LogP contribution >= 0.6 is 35.3 Å². The molecule has 1 aliphatic carbocycles. The average Bonchev–Trinajstić information content (AvgIpc) is 3.40. The maximum atomic E-state index is 13.0. The Hall–Kier alpha value is -2.43. The molecule has 0 atom stereocenters. The Balaban J connectivity index is 1.43. The van der Waals surface area contributed by atoms with Gasteiger partial charge < -0.3 is 9.47 Å². The zero-order valence-corrected chi connectivity index (χ0v) is 20.0. The molecule has 1 aromatic heterocycles. The van der Waals surface area contributed by atoms with Crippen LogP contribution in [0.25, 0.3) is 6.08 Å². The van der Waals surface area contributed by atoms with Gasteiger partial charge in [0.15, 0.2) is 23.2 Å². The summed E-state index contributed by atoms with van der Waals surface area (Å²) in [5.41, 5.74) is 0.797. The number of aromatic nitrogens is 1. The van der Waals surface area contributed by atoms with Crippen LogP contribution < -0.4 is 14.8 Å². The second-order valence-electron chi connectivity index (χ2n) is 7.43. The molecule has 0 radical (unpaired) electrons. The van der Waals surface area contributed by atoms with Gasteiger partial charge in [0, 0.05) is 17.6 Å². The van der Waals surface area contributed by atoms with Crippen LogP contribution in [-0.4, -0.2) is 45.8 Å². The van der Waals surface area contributed by atoms with Gasteiger partial charge in [0.05, 0.1) is 12.0 Å². The number of hydrogen-bond acceptors (Lipinski definition) is 8. The van der Waals surface area contributed by atoms with Crippen molar-refractivity contribution in [2.45, 2.75) is 38.1 Å².